The highest BCUT2D eigenvalue weighted by molar-refractivity contribution is 5.95. The van der Waals surface area contributed by atoms with Gasteiger partial charge in [0.1, 0.15) is 30.5 Å². The maximum Gasteiger partial charge on any atom is 0.162 e. The van der Waals surface area contributed by atoms with Crippen LogP contribution >= 0.6 is 0 Å². The van der Waals surface area contributed by atoms with Gasteiger partial charge in [0.05, 0.1) is 0 Å². The molecule has 2 aromatic carbocycles. The normalized spacial score (nSPS) is 10.2. The van der Waals surface area contributed by atoms with Crippen molar-refractivity contribution in [3.8, 4) is 11.5 Å². The maximum atomic E-state index is 12.7. The monoisotopic (exact) mass is 288 g/mol. The number of hydrogen-bond donors (Lipinski definition) is 0. The number of carbonyl (C=O) groups excluding carboxylic acids is 1. The van der Waals surface area contributed by atoms with Crippen LogP contribution in [-0.2, 0) is 0 Å². The average Bonchev–Trinajstić information content (AvgIpc) is 2.53. The molecule has 0 unspecified atom stereocenters. The minimum atomic E-state index is -0.291. The van der Waals surface area contributed by atoms with Gasteiger partial charge < -0.3 is 9.47 Å². The molecule has 0 aliphatic heterocycles. The van der Waals surface area contributed by atoms with Gasteiger partial charge in [-0.25, -0.2) is 4.39 Å². The Morgan fingerprint density at radius 1 is 0.905 bits per heavy atom. The van der Waals surface area contributed by atoms with Gasteiger partial charge in [-0.1, -0.05) is 6.92 Å². The van der Waals surface area contributed by atoms with Gasteiger partial charge in [-0.15, -0.1) is 0 Å². The van der Waals surface area contributed by atoms with Crippen molar-refractivity contribution in [2.75, 3.05) is 13.2 Å². The summed E-state index contributed by atoms with van der Waals surface area (Å²) in [5, 5.41) is 0. The summed E-state index contributed by atoms with van der Waals surface area (Å²) < 4.78 is 23.6. The molecule has 4 heteroatoms. The van der Waals surface area contributed by atoms with Gasteiger partial charge in [0.15, 0.2) is 5.78 Å². The van der Waals surface area contributed by atoms with E-state index in [4.69, 9.17) is 9.47 Å². The first-order chi connectivity index (χ1) is 10.2. The number of halogens is 1. The second kappa shape index (κ2) is 7.43. The summed E-state index contributed by atoms with van der Waals surface area (Å²) in [6.45, 7) is 2.57. The summed E-state index contributed by atoms with van der Waals surface area (Å²) in [6, 6.07) is 12.9. The molecule has 0 fully saturated rings. The van der Waals surface area contributed by atoms with Gasteiger partial charge in [-0.05, 0) is 48.5 Å². The van der Waals surface area contributed by atoms with Crippen LogP contribution in [0.2, 0.25) is 0 Å². The van der Waals surface area contributed by atoms with Crippen molar-refractivity contribution in [1.29, 1.82) is 0 Å². The van der Waals surface area contributed by atoms with E-state index in [1.54, 1.807) is 36.4 Å². The van der Waals surface area contributed by atoms with Gasteiger partial charge in [0.25, 0.3) is 0 Å². The van der Waals surface area contributed by atoms with E-state index in [1.165, 1.54) is 12.1 Å². The Morgan fingerprint density at radius 3 is 1.86 bits per heavy atom. The summed E-state index contributed by atoms with van der Waals surface area (Å²) in [6.07, 6.45) is 0.492. The Bertz CT molecular complexity index is 576. The van der Waals surface area contributed by atoms with Crippen molar-refractivity contribution in [3.05, 3.63) is 59.9 Å². The third-order valence-electron chi connectivity index (χ3n) is 2.93. The van der Waals surface area contributed by atoms with Crippen LogP contribution in [0.3, 0.4) is 0 Å². The Hall–Kier alpha value is -2.36. The zero-order chi connectivity index (χ0) is 15.1. The van der Waals surface area contributed by atoms with E-state index in [0.717, 1.165) is 0 Å². The first kappa shape index (κ1) is 15.0. The lowest BCUT2D eigenvalue weighted by atomic mass is 10.1. The summed E-state index contributed by atoms with van der Waals surface area (Å²) in [5.74, 6) is 1.11. The molecule has 21 heavy (non-hydrogen) atoms. The molecule has 0 N–H and O–H groups in total. The van der Waals surface area contributed by atoms with E-state index in [2.05, 4.69) is 0 Å². The van der Waals surface area contributed by atoms with E-state index in [0.29, 0.717) is 36.7 Å². The molecular formula is C17H17FO3. The molecule has 0 heterocycles. The lowest BCUT2D eigenvalue weighted by molar-refractivity contribution is 0.0988. The number of hydrogen-bond acceptors (Lipinski definition) is 3. The highest BCUT2D eigenvalue weighted by atomic mass is 19.1. The molecule has 0 atom stereocenters. The van der Waals surface area contributed by atoms with E-state index in [9.17, 15) is 9.18 Å². The van der Waals surface area contributed by atoms with Crippen molar-refractivity contribution >= 4 is 5.78 Å². The number of ether oxygens (including phenoxy) is 2. The van der Waals surface area contributed by atoms with Crippen LogP contribution in [0, 0.1) is 5.82 Å². The number of ketones is 1. The number of rotatable bonds is 7. The molecule has 3 nitrogen and oxygen atoms in total. The number of carbonyl (C=O) groups is 1. The van der Waals surface area contributed by atoms with Gasteiger partial charge in [-0.3, -0.25) is 4.79 Å². The van der Waals surface area contributed by atoms with Crippen LogP contribution in [0.25, 0.3) is 0 Å². The lowest BCUT2D eigenvalue weighted by Crippen LogP contribution is -2.09. The highest BCUT2D eigenvalue weighted by Gasteiger charge is 2.02. The third-order valence-corrected chi connectivity index (χ3v) is 2.93. The molecule has 0 aliphatic rings. The zero-order valence-corrected chi connectivity index (χ0v) is 11.8. The van der Waals surface area contributed by atoms with E-state index in [-0.39, 0.29) is 11.6 Å². The fraction of sp³-hybridized carbons (Fsp3) is 0.235. The largest absolute Gasteiger partial charge is 0.490 e. The average molecular weight is 288 g/mol. The van der Waals surface area contributed by atoms with Crippen molar-refractivity contribution in [2.45, 2.75) is 13.3 Å². The molecule has 0 saturated carbocycles. The minimum Gasteiger partial charge on any atom is -0.490 e. The quantitative estimate of drug-likeness (QED) is 0.573. The molecule has 0 aliphatic carbocycles. The third kappa shape index (κ3) is 4.60. The maximum absolute atomic E-state index is 12.7. The van der Waals surface area contributed by atoms with Crippen LogP contribution in [0.4, 0.5) is 4.39 Å². The highest BCUT2D eigenvalue weighted by Crippen LogP contribution is 2.14. The van der Waals surface area contributed by atoms with Crippen molar-refractivity contribution in [1.82, 2.24) is 0 Å². The Balaban J connectivity index is 1.75. The first-order valence-corrected chi connectivity index (χ1v) is 6.83. The first-order valence-electron chi connectivity index (χ1n) is 6.83. The minimum absolute atomic E-state index is 0.112. The standard InChI is InChI=1S/C17H17FO3/c1-2-17(19)13-3-7-15(8-4-13)20-11-12-21-16-9-5-14(18)6-10-16/h3-10H,2,11-12H2,1H3. The smallest absolute Gasteiger partial charge is 0.162 e. The van der Waals surface area contributed by atoms with Crippen LogP contribution in [0.5, 0.6) is 11.5 Å². The predicted molar refractivity (Wildman–Crippen MR) is 78.5 cm³/mol. The van der Waals surface area contributed by atoms with E-state index in [1.807, 2.05) is 6.92 Å². The van der Waals surface area contributed by atoms with Crippen LogP contribution in [0.15, 0.2) is 48.5 Å². The van der Waals surface area contributed by atoms with Crippen molar-refractivity contribution < 1.29 is 18.7 Å². The summed E-state index contributed by atoms with van der Waals surface area (Å²) in [5.41, 5.74) is 0.687. The fourth-order valence-electron chi connectivity index (χ4n) is 1.79. The van der Waals surface area contributed by atoms with Crippen molar-refractivity contribution in [3.63, 3.8) is 0 Å². The van der Waals surface area contributed by atoms with Gasteiger partial charge >= 0.3 is 0 Å². The lowest BCUT2D eigenvalue weighted by Gasteiger charge is -2.08. The van der Waals surface area contributed by atoms with Gasteiger partial charge in [-0.2, -0.15) is 0 Å². The predicted octanol–water partition coefficient (Wildman–Crippen LogP) is 3.88. The summed E-state index contributed by atoms with van der Waals surface area (Å²) in [7, 11) is 0. The topological polar surface area (TPSA) is 35.5 Å². The molecule has 0 aromatic heterocycles. The molecule has 2 rings (SSSR count). The van der Waals surface area contributed by atoms with E-state index >= 15 is 0 Å². The van der Waals surface area contributed by atoms with E-state index < -0.39 is 0 Å². The van der Waals surface area contributed by atoms with Crippen LogP contribution in [-0.4, -0.2) is 19.0 Å². The molecule has 0 saturated heterocycles. The molecule has 2 aromatic rings. The summed E-state index contributed by atoms with van der Waals surface area (Å²) in [4.78, 5) is 11.5. The second-order valence-corrected chi connectivity index (χ2v) is 4.45. The van der Waals surface area contributed by atoms with Crippen LogP contribution in [0.1, 0.15) is 23.7 Å². The Labute approximate surface area is 123 Å². The van der Waals surface area contributed by atoms with Gasteiger partial charge in [0.2, 0.25) is 0 Å². The summed E-state index contributed by atoms with van der Waals surface area (Å²) >= 11 is 0. The van der Waals surface area contributed by atoms with Gasteiger partial charge in [0, 0.05) is 12.0 Å². The molecule has 0 bridgehead atoms. The Morgan fingerprint density at radius 2 is 1.38 bits per heavy atom. The molecule has 0 radical (unpaired) electrons. The van der Waals surface area contributed by atoms with Crippen molar-refractivity contribution in [2.24, 2.45) is 0 Å². The SMILES string of the molecule is CCC(=O)c1ccc(OCCOc2ccc(F)cc2)cc1. The molecule has 0 amide bonds. The van der Waals surface area contributed by atoms with Crippen LogP contribution < -0.4 is 9.47 Å². The number of Topliss-reactive ketones (excluding diaryl/α,β-unsaturated/α-hetero) is 1. The Kier molecular flexibility index (Phi) is 5.32. The number of benzene rings is 2. The zero-order valence-electron chi connectivity index (χ0n) is 11.8. The molecular weight excluding hydrogens is 271 g/mol. The second-order valence-electron chi connectivity index (χ2n) is 4.45. The fourth-order valence-corrected chi connectivity index (χ4v) is 1.79. The molecule has 0 spiro atoms. The molecule has 110 valence electrons.